The van der Waals surface area contributed by atoms with Gasteiger partial charge in [0.05, 0.1) is 6.04 Å². The zero-order chi connectivity index (χ0) is 45.4. The second kappa shape index (κ2) is 22.0. The van der Waals surface area contributed by atoms with E-state index >= 15 is 0 Å². The quantitative estimate of drug-likeness (QED) is 0.0437. The van der Waals surface area contributed by atoms with Gasteiger partial charge in [-0.1, -0.05) is 43.9 Å². The number of carbonyl (C=O) groups excluding carboxylic acids is 5. The summed E-state index contributed by atoms with van der Waals surface area (Å²) >= 11 is 0. The molecule has 3 heterocycles. The van der Waals surface area contributed by atoms with Gasteiger partial charge in [0.15, 0.2) is 0 Å². The first kappa shape index (κ1) is 45.3. The van der Waals surface area contributed by atoms with E-state index in [1.54, 1.807) is 81.0 Å². The maximum absolute atomic E-state index is 13.2. The van der Waals surface area contributed by atoms with E-state index in [0.29, 0.717) is 46.7 Å². The molecule has 3 aromatic carbocycles. The fourth-order valence-electron chi connectivity index (χ4n) is 6.28. The molecule has 17 heteroatoms. The highest BCUT2D eigenvalue weighted by Crippen LogP contribution is 2.26. The van der Waals surface area contributed by atoms with E-state index in [9.17, 15) is 24.0 Å². The van der Waals surface area contributed by atoms with Crippen molar-refractivity contribution in [1.29, 1.82) is 0 Å². The van der Waals surface area contributed by atoms with E-state index < -0.39 is 36.0 Å². The monoisotopic (exact) mass is 863 g/mol. The lowest BCUT2D eigenvalue weighted by Gasteiger charge is -2.22. The summed E-state index contributed by atoms with van der Waals surface area (Å²) in [5.74, 6) is 5.36. The molecule has 0 unspecified atom stereocenters. The van der Waals surface area contributed by atoms with Crippen molar-refractivity contribution >= 4 is 52.7 Å². The Bertz CT molecular complexity index is 2640. The van der Waals surface area contributed by atoms with Gasteiger partial charge in [-0.2, -0.15) is 0 Å². The first-order valence-corrected chi connectivity index (χ1v) is 20.5. The predicted octanol–water partition coefficient (Wildman–Crippen LogP) is 5.72. The van der Waals surface area contributed by atoms with Crippen molar-refractivity contribution in [3.05, 3.63) is 144 Å². The Morgan fingerprint density at radius 3 is 2.20 bits per heavy atom. The molecule has 6 aromatic rings. The average Bonchev–Trinajstić information content (AvgIpc) is 3.77. The number of hydrogen-bond acceptors (Lipinski definition) is 9. The summed E-state index contributed by atoms with van der Waals surface area (Å²) in [6, 6.07) is 24.0. The lowest BCUT2D eigenvalue weighted by atomic mass is 10.00. The van der Waals surface area contributed by atoms with Crippen LogP contribution in [-0.4, -0.2) is 63.0 Å². The second-order valence-corrected chi connectivity index (χ2v) is 15.0. The lowest BCUT2D eigenvalue weighted by molar-refractivity contribution is -0.128. The van der Waals surface area contributed by atoms with E-state index in [0.717, 1.165) is 22.3 Å². The molecule has 6 rings (SSSR count). The van der Waals surface area contributed by atoms with Crippen LogP contribution >= 0.6 is 0 Å². The number of pyridine rings is 2. The van der Waals surface area contributed by atoms with Crippen molar-refractivity contribution in [2.24, 2.45) is 17.4 Å². The third-order valence-electron chi connectivity index (χ3n) is 9.87. The minimum Gasteiger partial charge on any atom is -0.444 e. The van der Waals surface area contributed by atoms with E-state index in [2.05, 4.69) is 53.7 Å². The molecule has 0 saturated carbocycles. The van der Waals surface area contributed by atoms with Gasteiger partial charge in [0.2, 0.25) is 11.8 Å². The normalized spacial score (nSPS) is 11.6. The number of rotatable bonds is 16. The highest BCUT2D eigenvalue weighted by atomic mass is 16.5. The Hall–Kier alpha value is -8.23. The summed E-state index contributed by atoms with van der Waals surface area (Å²) in [5.41, 5.74) is 18.1. The largest absolute Gasteiger partial charge is 0.444 e. The van der Waals surface area contributed by atoms with Crippen molar-refractivity contribution in [1.82, 2.24) is 30.3 Å². The van der Waals surface area contributed by atoms with Crippen LogP contribution in [0.3, 0.4) is 0 Å². The third kappa shape index (κ3) is 13.4. The van der Waals surface area contributed by atoms with Crippen molar-refractivity contribution in [2.45, 2.75) is 51.9 Å². The highest BCUT2D eigenvalue weighted by Gasteiger charge is 2.25. The number of anilines is 3. The van der Waals surface area contributed by atoms with Gasteiger partial charge in [-0.25, -0.2) is 19.4 Å². The van der Waals surface area contributed by atoms with Gasteiger partial charge < -0.3 is 47.2 Å². The number of hydrogen-bond donors (Lipinski definition) is 8. The van der Waals surface area contributed by atoms with Crippen LogP contribution in [0.2, 0.25) is 0 Å². The lowest BCUT2D eigenvalue weighted by Crippen LogP contribution is -2.51. The fraction of sp³-hybridized carbons (Fsp3) is 0.213. The summed E-state index contributed by atoms with van der Waals surface area (Å²) in [7, 11) is 0. The van der Waals surface area contributed by atoms with E-state index in [4.69, 9.17) is 16.2 Å². The van der Waals surface area contributed by atoms with E-state index in [1.165, 1.54) is 0 Å². The molecular formula is C47H49N11O6. The minimum atomic E-state index is -0.909. The molecule has 64 heavy (non-hydrogen) atoms. The summed E-state index contributed by atoms with van der Waals surface area (Å²) in [5, 5.41) is 16.4. The molecule has 0 bridgehead atoms. The smallest absolute Gasteiger partial charge is 0.411 e. The van der Waals surface area contributed by atoms with Gasteiger partial charge in [-0.3, -0.25) is 19.9 Å². The number of primary amides is 1. The van der Waals surface area contributed by atoms with Crippen LogP contribution in [0.25, 0.3) is 16.8 Å². The Labute approximate surface area is 369 Å². The second-order valence-electron chi connectivity index (χ2n) is 15.0. The van der Waals surface area contributed by atoms with Crippen molar-refractivity contribution in [3.63, 3.8) is 0 Å². The van der Waals surface area contributed by atoms with Crippen molar-refractivity contribution in [3.8, 4) is 23.0 Å². The zero-order valence-corrected chi connectivity index (χ0v) is 35.3. The molecule has 0 aliphatic heterocycles. The van der Waals surface area contributed by atoms with Gasteiger partial charge in [0.25, 0.3) is 0 Å². The zero-order valence-electron chi connectivity index (χ0n) is 35.3. The van der Waals surface area contributed by atoms with Gasteiger partial charge in [-0.15, -0.1) is 0 Å². The molecule has 328 valence electrons. The molecule has 2 atom stereocenters. The molecule has 0 saturated heterocycles. The Morgan fingerprint density at radius 2 is 1.47 bits per heavy atom. The summed E-state index contributed by atoms with van der Waals surface area (Å²) < 4.78 is 7.31. The molecule has 7 amide bonds. The molecule has 3 aromatic heterocycles. The first-order chi connectivity index (χ1) is 30.9. The van der Waals surface area contributed by atoms with Crippen molar-refractivity contribution in [2.75, 3.05) is 22.5 Å². The van der Waals surface area contributed by atoms with Crippen LogP contribution in [0, 0.1) is 17.8 Å². The number of aromatic nitrogens is 3. The number of nitrogens with one attached hydrogen (secondary N) is 6. The maximum Gasteiger partial charge on any atom is 0.411 e. The number of nitrogens with two attached hydrogens (primary N) is 2. The van der Waals surface area contributed by atoms with Crippen LogP contribution < -0.4 is 43.4 Å². The first-order valence-electron chi connectivity index (χ1n) is 20.5. The Morgan fingerprint density at radius 1 is 0.750 bits per heavy atom. The molecule has 0 radical (unpaired) electrons. The summed E-state index contributed by atoms with van der Waals surface area (Å²) in [6.45, 7) is 4.12. The Kier molecular flexibility index (Phi) is 15.6. The van der Waals surface area contributed by atoms with Crippen LogP contribution in [0.4, 0.5) is 31.4 Å². The van der Waals surface area contributed by atoms with Gasteiger partial charge >= 0.3 is 18.2 Å². The molecule has 0 aliphatic rings. The van der Waals surface area contributed by atoms with Gasteiger partial charge in [0.1, 0.15) is 18.3 Å². The SMILES string of the molecule is CC(C)[C@H](N)C(=O)N[C@@H](CCCNC(N)=O)C(=O)Nc1ccc(COC(=O)Nc2ccc(C#Cc3cc(NC(=O)NCc4ccn5ccnc5c4)ccc3-c3ccncc3)cc2)cc1. The number of urea groups is 2. The maximum atomic E-state index is 13.2. The minimum absolute atomic E-state index is 0.0417. The number of fused-ring (bicyclic) bond motifs is 1. The van der Waals surface area contributed by atoms with Crippen LogP contribution in [0.15, 0.2) is 122 Å². The molecule has 0 spiro atoms. The number of benzene rings is 3. The topological polar surface area (TPSA) is 249 Å². The average molecular weight is 864 g/mol. The standard InChI is InChI=1S/C47H49N11O6/c1-30(2)42(48)44(60)57-40(4-3-20-52-45(49)61)43(59)54-36-13-8-32(9-14-36)29-64-47(63)56-37-11-6-31(7-12-37)5-10-35-27-38(15-16-39(35)34-17-21-50-22-18-34)55-46(62)53-28-33-19-24-58-25-23-51-41(58)26-33/h6-9,11-19,21-27,30,40,42H,3-4,20,28-29,48H2,1-2H3,(H,54,59)(H,56,63)(H,57,60)(H3,49,52,61)(H2,53,55,62)/t40-,42-/m0/s1. The van der Waals surface area contributed by atoms with Gasteiger partial charge in [-0.05, 0) is 114 Å². The number of carbonyl (C=O) groups is 5. The predicted molar refractivity (Wildman–Crippen MR) is 244 cm³/mol. The number of ether oxygens (including phenoxy) is 1. The van der Waals surface area contributed by atoms with Gasteiger partial charge in [0, 0.05) is 72.3 Å². The highest BCUT2D eigenvalue weighted by molar-refractivity contribution is 5.98. The fourth-order valence-corrected chi connectivity index (χ4v) is 6.28. The molecule has 0 aliphatic carbocycles. The van der Waals surface area contributed by atoms with E-state index in [-0.39, 0.29) is 31.5 Å². The Balaban J connectivity index is 1.01. The molecule has 17 nitrogen and oxygen atoms in total. The third-order valence-corrected chi connectivity index (χ3v) is 9.87. The summed E-state index contributed by atoms with van der Waals surface area (Å²) in [6.07, 6.45) is 8.81. The number of amides is 7. The van der Waals surface area contributed by atoms with Crippen LogP contribution in [0.1, 0.15) is 48.9 Å². The van der Waals surface area contributed by atoms with Crippen molar-refractivity contribution < 1.29 is 28.7 Å². The number of nitrogens with zero attached hydrogens (tertiary/aromatic N) is 3. The molecule has 0 fully saturated rings. The molecule has 10 N–H and O–H groups in total. The van der Waals surface area contributed by atoms with E-state index in [1.807, 2.05) is 59.3 Å². The van der Waals surface area contributed by atoms with Crippen LogP contribution in [-0.2, 0) is 27.5 Å². The summed E-state index contributed by atoms with van der Waals surface area (Å²) in [4.78, 5) is 70.8. The molecular weight excluding hydrogens is 815 g/mol. The van der Waals surface area contributed by atoms with Crippen LogP contribution in [0.5, 0.6) is 0 Å². The number of imidazole rings is 1.